The number of thiophene rings is 1. The highest BCUT2D eigenvalue weighted by Crippen LogP contribution is 2.49. The molecule has 0 saturated heterocycles. The lowest BCUT2D eigenvalue weighted by Gasteiger charge is -2.14. The number of rotatable bonds is 2. The Bertz CT molecular complexity index is 3680. The van der Waals surface area contributed by atoms with Crippen molar-refractivity contribution in [2.75, 3.05) is 0 Å². The first-order valence-electron chi connectivity index (χ1n) is 18.0. The van der Waals surface area contributed by atoms with Gasteiger partial charge in [-0.3, -0.25) is 4.57 Å². The largest absolute Gasteiger partial charge is 0.308 e. The molecule has 0 aliphatic heterocycles. The summed E-state index contributed by atoms with van der Waals surface area (Å²) in [5.41, 5.74) is 8.84. The highest BCUT2D eigenvalue weighted by molar-refractivity contribution is 7.26. The molecule has 244 valence electrons. The summed E-state index contributed by atoms with van der Waals surface area (Å²) in [6.07, 6.45) is 0. The van der Waals surface area contributed by atoms with Gasteiger partial charge in [0.15, 0.2) is 0 Å². The van der Waals surface area contributed by atoms with Gasteiger partial charge in [0.05, 0.1) is 43.5 Å². The molecule has 0 fully saturated rings. The van der Waals surface area contributed by atoms with E-state index >= 15 is 0 Å². The normalized spacial score (nSPS) is 12.5. The van der Waals surface area contributed by atoms with Crippen molar-refractivity contribution in [1.29, 1.82) is 0 Å². The predicted molar refractivity (Wildman–Crippen MR) is 224 cm³/mol. The highest BCUT2D eigenvalue weighted by atomic mass is 32.1. The predicted octanol–water partition coefficient (Wildman–Crippen LogP) is 13.1. The van der Waals surface area contributed by atoms with E-state index in [0.717, 1.165) is 38.6 Å². The fraction of sp³-hybridized carbons (Fsp3) is 0. The monoisotopic (exact) mass is 690 g/mol. The SMILES string of the molecule is c1ccc(-c2nc(-n3c4cccc5c4c4c(cc6c7ccccc7sc6c43)c3cccc4c6ccccc6n5c34)nc3ccc4ccccc4c23)cc1. The van der Waals surface area contributed by atoms with Crippen LogP contribution in [0.15, 0.2) is 158 Å². The Morgan fingerprint density at radius 2 is 1.13 bits per heavy atom. The molecule has 0 unspecified atom stereocenters. The van der Waals surface area contributed by atoms with Crippen LogP contribution in [0.1, 0.15) is 0 Å². The molecule has 13 rings (SSSR count). The van der Waals surface area contributed by atoms with E-state index in [1.807, 2.05) is 11.3 Å². The molecule has 13 aromatic rings. The molecule has 0 spiro atoms. The fourth-order valence-corrected chi connectivity index (χ4v) is 10.5. The Labute approximate surface area is 305 Å². The minimum absolute atomic E-state index is 0.677. The minimum Gasteiger partial charge on any atom is -0.308 e. The van der Waals surface area contributed by atoms with Crippen LogP contribution in [0.4, 0.5) is 0 Å². The second-order valence-corrected chi connectivity index (χ2v) is 15.2. The van der Waals surface area contributed by atoms with Crippen molar-refractivity contribution < 1.29 is 0 Å². The van der Waals surface area contributed by atoms with E-state index in [9.17, 15) is 0 Å². The van der Waals surface area contributed by atoms with Crippen molar-refractivity contribution in [2.24, 2.45) is 0 Å². The zero-order valence-electron chi connectivity index (χ0n) is 28.2. The van der Waals surface area contributed by atoms with Crippen molar-refractivity contribution >= 4 is 113 Å². The molecule has 5 aromatic heterocycles. The summed E-state index contributed by atoms with van der Waals surface area (Å²) < 4.78 is 7.39. The van der Waals surface area contributed by atoms with Gasteiger partial charge < -0.3 is 4.40 Å². The molecule has 0 aliphatic rings. The second kappa shape index (κ2) is 9.94. The van der Waals surface area contributed by atoms with E-state index in [1.54, 1.807) is 0 Å². The zero-order valence-corrected chi connectivity index (χ0v) is 29.0. The zero-order chi connectivity index (χ0) is 34.4. The third-order valence-electron chi connectivity index (χ3n) is 11.4. The third-order valence-corrected chi connectivity index (χ3v) is 12.6. The maximum atomic E-state index is 5.60. The maximum absolute atomic E-state index is 5.60. The quantitative estimate of drug-likeness (QED) is 0.169. The van der Waals surface area contributed by atoms with Crippen LogP contribution in [0.3, 0.4) is 0 Å². The van der Waals surface area contributed by atoms with Crippen LogP contribution in [-0.2, 0) is 0 Å². The first-order valence-corrected chi connectivity index (χ1v) is 18.8. The molecule has 0 atom stereocenters. The van der Waals surface area contributed by atoms with Gasteiger partial charge in [0.25, 0.3) is 0 Å². The van der Waals surface area contributed by atoms with Gasteiger partial charge in [0.2, 0.25) is 5.95 Å². The number of nitrogens with zero attached hydrogens (tertiary/aromatic N) is 4. The highest BCUT2D eigenvalue weighted by Gasteiger charge is 2.26. The lowest BCUT2D eigenvalue weighted by atomic mass is 10.0. The summed E-state index contributed by atoms with van der Waals surface area (Å²) in [4.78, 5) is 11.1. The van der Waals surface area contributed by atoms with E-state index in [1.165, 1.54) is 74.4 Å². The summed E-state index contributed by atoms with van der Waals surface area (Å²) in [5.74, 6) is 0.677. The van der Waals surface area contributed by atoms with Crippen molar-refractivity contribution in [3.05, 3.63) is 158 Å². The van der Waals surface area contributed by atoms with Crippen molar-refractivity contribution in [1.82, 2.24) is 18.9 Å². The van der Waals surface area contributed by atoms with Gasteiger partial charge in [-0.25, -0.2) is 9.97 Å². The first-order chi connectivity index (χ1) is 26.3. The molecule has 0 N–H and O–H groups in total. The minimum atomic E-state index is 0.677. The lowest BCUT2D eigenvalue weighted by Crippen LogP contribution is -2.04. The van der Waals surface area contributed by atoms with E-state index in [2.05, 4.69) is 167 Å². The van der Waals surface area contributed by atoms with Crippen LogP contribution in [0, 0.1) is 0 Å². The molecular weight excluding hydrogens is 665 g/mol. The molecule has 5 heterocycles. The number of para-hydroxylation sites is 2. The molecular formula is C48H26N4S. The van der Waals surface area contributed by atoms with E-state index in [-0.39, 0.29) is 0 Å². The van der Waals surface area contributed by atoms with Crippen molar-refractivity contribution in [3.63, 3.8) is 0 Å². The van der Waals surface area contributed by atoms with Gasteiger partial charge in [-0.05, 0) is 52.6 Å². The Morgan fingerprint density at radius 3 is 2.04 bits per heavy atom. The first kappa shape index (κ1) is 27.8. The van der Waals surface area contributed by atoms with Gasteiger partial charge in [0.1, 0.15) is 0 Å². The summed E-state index contributed by atoms with van der Waals surface area (Å²) in [5, 5.41) is 13.4. The van der Waals surface area contributed by atoms with E-state index in [4.69, 9.17) is 9.97 Å². The number of aromatic nitrogens is 4. The van der Waals surface area contributed by atoms with E-state index < -0.39 is 0 Å². The van der Waals surface area contributed by atoms with Gasteiger partial charge in [0, 0.05) is 53.4 Å². The smallest absolute Gasteiger partial charge is 0.235 e. The Hall–Kier alpha value is -6.82. The molecule has 0 radical (unpaired) electrons. The maximum Gasteiger partial charge on any atom is 0.235 e. The van der Waals surface area contributed by atoms with Crippen LogP contribution in [0.5, 0.6) is 0 Å². The number of fused-ring (bicyclic) bond motifs is 12. The topological polar surface area (TPSA) is 35.1 Å². The van der Waals surface area contributed by atoms with Crippen molar-refractivity contribution in [2.45, 2.75) is 0 Å². The number of hydrogen-bond acceptors (Lipinski definition) is 3. The molecule has 0 saturated carbocycles. The summed E-state index contributed by atoms with van der Waals surface area (Å²) in [6.45, 7) is 0. The summed E-state index contributed by atoms with van der Waals surface area (Å²) in [6, 6.07) is 57.2. The Balaban J connectivity index is 1.32. The summed E-state index contributed by atoms with van der Waals surface area (Å²) in [7, 11) is 0. The molecule has 53 heavy (non-hydrogen) atoms. The van der Waals surface area contributed by atoms with Gasteiger partial charge in [-0.1, -0.05) is 121 Å². The van der Waals surface area contributed by atoms with Crippen LogP contribution >= 0.6 is 11.3 Å². The molecule has 8 aromatic carbocycles. The molecule has 0 amide bonds. The molecule has 0 bridgehead atoms. The van der Waals surface area contributed by atoms with Crippen LogP contribution in [0.25, 0.3) is 119 Å². The lowest BCUT2D eigenvalue weighted by molar-refractivity contribution is 1.02. The molecule has 5 heteroatoms. The summed E-state index contributed by atoms with van der Waals surface area (Å²) >= 11 is 1.86. The number of benzene rings is 8. The van der Waals surface area contributed by atoms with E-state index in [0.29, 0.717) is 5.95 Å². The second-order valence-electron chi connectivity index (χ2n) is 14.1. The molecule has 0 aliphatic carbocycles. The van der Waals surface area contributed by atoms with Crippen LogP contribution in [-0.4, -0.2) is 18.9 Å². The number of hydrogen-bond donors (Lipinski definition) is 0. The average Bonchev–Trinajstić information content (AvgIpc) is 3.86. The third kappa shape index (κ3) is 3.50. The van der Waals surface area contributed by atoms with Gasteiger partial charge in [-0.15, -0.1) is 11.3 Å². The standard InChI is InChI=1S/C48H26N4S/c1-2-13-28(14-3-1)44-41-29-15-5-4-12-27(29)24-25-36(41)49-48(50-44)52-39-22-11-21-38-43(39)42-34(26-35-31-17-7-9-23-40(31)53-47(35)46(42)52)33-19-10-18-32-30-16-6-8-20-37(30)51(38)45(32)33/h1-26H. The van der Waals surface area contributed by atoms with Gasteiger partial charge in [-0.2, -0.15) is 0 Å². The average molecular weight is 691 g/mol. The Kier molecular flexibility index (Phi) is 5.22. The van der Waals surface area contributed by atoms with Crippen LogP contribution in [0.2, 0.25) is 0 Å². The van der Waals surface area contributed by atoms with Gasteiger partial charge >= 0.3 is 0 Å². The molecule has 4 nitrogen and oxygen atoms in total. The fourth-order valence-electron chi connectivity index (χ4n) is 9.29. The van der Waals surface area contributed by atoms with Crippen molar-refractivity contribution in [3.8, 4) is 17.2 Å². The Morgan fingerprint density at radius 1 is 0.434 bits per heavy atom. The van der Waals surface area contributed by atoms with Crippen LogP contribution < -0.4 is 0 Å².